The molecule has 2 aromatic carbocycles. The zero-order valence-corrected chi connectivity index (χ0v) is 16.7. The fourth-order valence-electron chi connectivity index (χ4n) is 3.48. The first-order chi connectivity index (χ1) is 14.5. The summed E-state index contributed by atoms with van der Waals surface area (Å²) in [6.07, 6.45) is 1.19. The fourth-order valence-corrected chi connectivity index (χ4v) is 3.67. The zero-order valence-electron chi connectivity index (χ0n) is 16.0. The van der Waals surface area contributed by atoms with E-state index >= 15 is 0 Å². The Morgan fingerprint density at radius 3 is 2.53 bits per heavy atom. The number of carbonyl (C=O) groups is 2. The molecular formula is C22H19ClN4O3. The number of carbonyl (C=O) groups excluding carboxylic acids is 1. The molecule has 4 rings (SSSR count). The number of carboxylic acids is 1. The summed E-state index contributed by atoms with van der Waals surface area (Å²) >= 11 is 5.98. The molecule has 3 aromatic rings. The molecule has 1 aliphatic rings. The molecule has 0 spiro atoms. The van der Waals surface area contributed by atoms with Gasteiger partial charge in [0, 0.05) is 28.4 Å². The Bertz CT molecular complexity index is 1070. The minimum absolute atomic E-state index is 0.265. The van der Waals surface area contributed by atoms with Crippen LogP contribution in [0.15, 0.2) is 60.7 Å². The van der Waals surface area contributed by atoms with E-state index in [1.54, 1.807) is 36.4 Å². The van der Waals surface area contributed by atoms with Crippen LogP contribution in [0.2, 0.25) is 5.02 Å². The summed E-state index contributed by atoms with van der Waals surface area (Å²) in [6.45, 7) is 0.462. The molecule has 0 saturated carbocycles. The molecule has 0 radical (unpaired) electrons. The SMILES string of the molecule is O=C(O)C1CCCN1C(=O)c1ccc(-c2ccc(Nc3cccc(Cl)c3)nn2)cc1. The van der Waals surface area contributed by atoms with Crippen LogP contribution in [-0.4, -0.2) is 44.7 Å². The largest absolute Gasteiger partial charge is 0.480 e. The summed E-state index contributed by atoms with van der Waals surface area (Å²) < 4.78 is 0. The van der Waals surface area contributed by atoms with Gasteiger partial charge in [-0.3, -0.25) is 4.79 Å². The Hall–Kier alpha value is -3.45. The summed E-state index contributed by atoms with van der Waals surface area (Å²) in [7, 11) is 0. The quantitative estimate of drug-likeness (QED) is 0.638. The van der Waals surface area contributed by atoms with Crippen molar-refractivity contribution in [1.82, 2.24) is 15.1 Å². The van der Waals surface area contributed by atoms with Crippen LogP contribution >= 0.6 is 11.6 Å². The van der Waals surface area contributed by atoms with Crippen LogP contribution < -0.4 is 5.32 Å². The highest BCUT2D eigenvalue weighted by atomic mass is 35.5. The van der Waals surface area contributed by atoms with E-state index in [2.05, 4.69) is 15.5 Å². The molecule has 0 aliphatic carbocycles. The third-order valence-electron chi connectivity index (χ3n) is 4.99. The number of aliphatic carboxylic acids is 1. The highest BCUT2D eigenvalue weighted by Crippen LogP contribution is 2.24. The number of benzene rings is 2. The van der Waals surface area contributed by atoms with Gasteiger partial charge in [0.15, 0.2) is 5.82 Å². The highest BCUT2D eigenvalue weighted by molar-refractivity contribution is 6.30. The summed E-state index contributed by atoms with van der Waals surface area (Å²) in [6, 6.07) is 17.2. The van der Waals surface area contributed by atoms with Gasteiger partial charge in [0.05, 0.1) is 5.69 Å². The van der Waals surface area contributed by atoms with Crippen LogP contribution in [0.4, 0.5) is 11.5 Å². The monoisotopic (exact) mass is 422 g/mol. The number of hydrogen-bond donors (Lipinski definition) is 2. The van der Waals surface area contributed by atoms with Crippen LogP contribution in [0.1, 0.15) is 23.2 Å². The first kappa shape index (κ1) is 19.8. The maximum absolute atomic E-state index is 12.7. The molecule has 0 bridgehead atoms. The van der Waals surface area contributed by atoms with Crippen LogP contribution in [-0.2, 0) is 4.79 Å². The number of halogens is 1. The Morgan fingerprint density at radius 1 is 1.07 bits per heavy atom. The molecular weight excluding hydrogens is 404 g/mol. The lowest BCUT2D eigenvalue weighted by atomic mass is 10.1. The van der Waals surface area contributed by atoms with Gasteiger partial charge >= 0.3 is 5.97 Å². The number of nitrogens with one attached hydrogen (secondary N) is 1. The number of anilines is 2. The maximum Gasteiger partial charge on any atom is 0.326 e. The number of carboxylic acid groups (broad SMARTS) is 1. The van der Waals surface area contributed by atoms with Crippen molar-refractivity contribution in [1.29, 1.82) is 0 Å². The Labute approximate surface area is 178 Å². The van der Waals surface area contributed by atoms with Crippen LogP contribution in [0.5, 0.6) is 0 Å². The van der Waals surface area contributed by atoms with E-state index < -0.39 is 12.0 Å². The number of hydrogen-bond acceptors (Lipinski definition) is 5. The lowest BCUT2D eigenvalue weighted by Gasteiger charge is -2.21. The van der Waals surface area contributed by atoms with Crippen LogP contribution in [0.3, 0.4) is 0 Å². The Morgan fingerprint density at radius 2 is 1.87 bits per heavy atom. The second-order valence-corrected chi connectivity index (χ2v) is 7.45. The summed E-state index contributed by atoms with van der Waals surface area (Å²) in [4.78, 5) is 25.4. The summed E-state index contributed by atoms with van der Waals surface area (Å²) in [5, 5.41) is 21.5. The average Bonchev–Trinajstić information content (AvgIpc) is 3.24. The number of likely N-dealkylation sites (tertiary alicyclic amines) is 1. The van der Waals surface area contributed by atoms with Gasteiger partial charge in [-0.2, -0.15) is 0 Å². The van der Waals surface area contributed by atoms with Crippen molar-refractivity contribution in [3.05, 3.63) is 71.2 Å². The van der Waals surface area contributed by atoms with Crippen molar-refractivity contribution >= 4 is 35.0 Å². The van der Waals surface area contributed by atoms with Gasteiger partial charge in [-0.1, -0.05) is 29.8 Å². The molecule has 1 saturated heterocycles. The first-order valence-electron chi connectivity index (χ1n) is 9.52. The number of aromatic nitrogens is 2. The highest BCUT2D eigenvalue weighted by Gasteiger charge is 2.34. The molecule has 7 nitrogen and oxygen atoms in total. The lowest BCUT2D eigenvalue weighted by Crippen LogP contribution is -2.40. The predicted octanol–water partition coefficient (Wildman–Crippen LogP) is 4.23. The molecule has 8 heteroatoms. The van der Waals surface area contributed by atoms with Crippen molar-refractivity contribution in [3.8, 4) is 11.3 Å². The number of rotatable bonds is 5. The second-order valence-electron chi connectivity index (χ2n) is 7.01. The smallest absolute Gasteiger partial charge is 0.326 e. The van der Waals surface area contributed by atoms with Crippen LogP contribution in [0.25, 0.3) is 11.3 Å². The van der Waals surface area contributed by atoms with Crippen molar-refractivity contribution in [2.75, 3.05) is 11.9 Å². The molecule has 2 N–H and O–H groups in total. The van der Waals surface area contributed by atoms with E-state index in [0.717, 1.165) is 11.3 Å². The molecule has 1 fully saturated rings. The number of amides is 1. The van der Waals surface area contributed by atoms with Crippen LogP contribution in [0, 0.1) is 0 Å². The average molecular weight is 423 g/mol. The van der Waals surface area contributed by atoms with Crippen molar-refractivity contribution < 1.29 is 14.7 Å². The third-order valence-corrected chi connectivity index (χ3v) is 5.22. The van der Waals surface area contributed by atoms with Gasteiger partial charge in [-0.25, -0.2) is 4.79 Å². The normalized spacial score (nSPS) is 15.8. The van der Waals surface area contributed by atoms with Gasteiger partial charge in [0.25, 0.3) is 5.91 Å². The van der Waals surface area contributed by atoms with E-state index in [1.807, 2.05) is 24.3 Å². The minimum Gasteiger partial charge on any atom is -0.480 e. The Kier molecular flexibility index (Phi) is 5.63. The predicted molar refractivity (Wildman–Crippen MR) is 114 cm³/mol. The van der Waals surface area contributed by atoms with Gasteiger partial charge < -0.3 is 15.3 Å². The van der Waals surface area contributed by atoms with E-state index in [-0.39, 0.29) is 5.91 Å². The number of nitrogens with zero attached hydrogens (tertiary/aromatic N) is 3. The molecule has 1 unspecified atom stereocenters. The van der Waals surface area contributed by atoms with Gasteiger partial charge in [-0.05, 0) is 55.3 Å². The van der Waals surface area contributed by atoms with Crippen molar-refractivity contribution in [3.63, 3.8) is 0 Å². The molecule has 2 heterocycles. The second kappa shape index (κ2) is 8.51. The molecule has 1 amide bonds. The van der Waals surface area contributed by atoms with Crippen molar-refractivity contribution in [2.24, 2.45) is 0 Å². The molecule has 152 valence electrons. The first-order valence-corrected chi connectivity index (χ1v) is 9.89. The standard InChI is InChI=1S/C22H19ClN4O3/c23-16-3-1-4-17(13-16)24-20-11-10-18(25-26-20)14-6-8-15(9-7-14)21(28)27-12-2-5-19(27)22(29)30/h1,3-4,6-11,13,19H,2,5,12H2,(H,24,26)(H,29,30). The molecule has 1 aliphatic heterocycles. The van der Waals surface area contributed by atoms with E-state index in [4.69, 9.17) is 11.6 Å². The molecule has 1 aromatic heterocycles. The van der Waals surface area contributed by atoms with Gasteiger partial charge in [0.1, 0.15) is 6.04 Å². The minimum atomic E-state index is -0.959. The summed E-state index contributed by atoms with van der Waals surface area (Å²) in [5.74, 6) is -0.639. The van der Waals surface area contributed by atoms with E-state index in [0.29, 0.717) is 41.5 Å². The lowest BCUT2D eigenvalue weighted by molar-refractivity contribution is -0.141. The molecule has 30 heavy (non-hydrogen) atoms. The topological polar surface area (TPSA) is 95.4 Å². The van der Waals surface area contributed by atoms with Crippen molar-refractivity contribution in [2.45, 2.75) is 18.9 Å². The van der Waals surface area contributed by atoms with E-state index in [1.165, 1.54) is 4.90 Å². The fraction of sp³-hybridized carbons (Fsp3) is 0.182. The maximum atomic E-state index is 12.7. The Balaban J connectivity index is 1.46. The molecule has 1 atom stereocenters. The summed E-state index contributed by atoms with van der Waals surface area (Å²) in [5.41, 5.74) is 2.74. The zero-order chi connectivity index (χ0) is 21.1. The van der Waals surface area contributed by atoms with Gasteiger partial charge in [-0.15, -0.1) is 10.2 Å². The van der Waals surface area contributed by atoms with Gasteiger partial charge in [0.2, 0.25) is 0 Å². The third kappa shape index (κ3) is 4.26. The van der Waals surface area contributed by atoms with E-state index in [9.17, 15) is 14.7 Å².